The Bertz CT molecular complexity index is 919. The maximum absolute atomic E-state index is 12.3. The highest BCUT2D eigenvalue weighted by Gasteiger charge is 2.27. The van der Waals surface area contributed by atoms with Crippen LogP contribution in [0.15, 0.2) is 30.6 Å². The molecule has 0 spiro atoms. The van der Waals surface area contributed by atoms with Crippen molar-refractivity contribution in [1.29, 1.82) is 0 Å². The summed E-state index contributed by atoms with van der Waals surface area (Å²) in [5, 5.41) is 9.61. The Balaban J connectivity index is 1.22. The zero-order valence-electron chi connectivity index (χ0n) is 20.6. The van der Waals surface area contributed by atoms with E-state index in [2.05, 4.69) is 27.9 Å². The minimum absolute atomic E-state index is 0.102. The predicted molar refractivity (Wildman–Crippen MR) is 141 cm³/mol. The zero-order valence-corrected chi connectivity index (χ0v) is 22.1. The van der Waals surface area contributed by atoms with Gasteiger partial charge in [0.05, 0.1) is 5.02 Å². The molecule has 1 unspecified atom stereocenters. The van der Waals surface area contributed by atoms with Crippen LogP contribution in [-0.2, 0) is 24.2 Å². The number of nitrogens with zero attached hydrogens (tertiary/aromatic N) is 4. The second-order valence-corrected chi connectivity index (χ2v) is 11.5. The molecule has 9 heteroatoms. The Labute approximate surface area is 217 Å². The number of hydrogen-bond donors (Lipinski definition) is 1. The van der Waals surface area contributed by atoms with Gasteiger partial charge in [0.1, 0.15) is 17.6 Å². The Kier molecular flexibility index (Phi) is 9.92. The van der Waals surface area contributed by atoms with E-state index in [-0.39, 0.29) is 12.7 Å². The summed E-state index contributed by atoms with van der Waals surface area (Å²) in [5.41, 5.74) is 2.38. The zero-order chi connectivity index (χ0) is 24.6. The van der Waals surface area contributed by atoms with Gasteiger partial charge in [-0.3, -0.25) is 0 Å². The molecule has 1 aromatic carbocycles. The topological polar surface area (TPSA) is 84.8 Å². The smallest absolute Gasteiger partial charge is 0.225 e. The molecule has 2 aliphatic rings. The fourth-order valence-electron chi connectivity index (χ4n) is 4.78. The lowest BCUT2D eigenvalue weighted by molar-refractivity contribution is 0.170. The third-order valence-electron chi connectivity index (χ3n) is 6.98. The summed E-state index contributed by atoms with van der Waals surface area (Å²) in [6.45, 7) is 5.65. The maximum Gasteiger partial charge on any atom is 0.225 e. The first-order valence-electron chi connectivity index (χ1n) is 12.8. The quantitative estimate of drug-likeness (QED) is 0.473. The molecule has 1 N–H and O–H groups in total. The van der Waals surface area contributed by atoms with E-state index >= 15 is 0 Å². The average Bonchev–Trinajstić information content (AvgIpc) is 2.90. The first-order valence-corrected chi connectivity index (χ1v) is 14.5. The number of piperidine rings is 2. The lowest BCUT2D eigenvalue weighted by Crippen LogP contribution is -2.40. The van der Waals surface area contributed by atoms with Gasteiger partial charge in [-0.25, -0.2) is 9.97 Å². The third-order valence-corrected chi connectivity index (χ3v) is 8.85. The highest BCUT2D eigenvalue weighted by molar-refractivity contribution is 7.89. The fraction of sp³-hybridized carbons (Fsp3) is 0.615. The largest absolute Gasteiger partial charge is 0.598 e. The first kappa shape index (κ1) is 26.5. The molecule has 0 aliphatic carbocycles. The van der Waals surface area contributed by atoms with Gasteiger partial charge in [-0.1, -0.05) is 24.6 Å². The van der Waals surface area contributed by atoms with Crippen molar-refractivity contribution in [2.75, 3.05) is 43.4 Å². The van der Waals surface area contributed by atoms with E-state index in [0.29, 0.717) is 23.1 Å². The van der Waals surface area contributed by atoms with Gasteiger partial charge >= 0.3 is 0 Å². The van der Waals surface area contributed by atoms with Gasteiger partial charge in [0.25, 0.3) is 0 Å². The van der Waals surface area contributed by atoms with Crippen LogP contribution >= 0.6 is 11.6 Å². The molecule has 0 saturated carbocycles. The number of aromatic nitrogens is 2. The van der Waals surface area contributed by atoms with E-state index < -0.39 is 11.4 Å². The van der Waals surface area contributed by atoms with Crippen molar-refractivity contribution in [1.82, 2.24) is 14.3 Å². The van der Waals surface area contributed by atoms with Crippen LogP contribution in [0.4, 0.5) is 5.95 Å². The number of aryl methyl sites for hydroxylation is 1. The number of halogens is 1. The number of aliphatic hydroxyl groups excluding tert-OH is 1. The number of rotatable bonds is 10. The van der Waals surface area contributed by atoms with Crippen LogP contribution < -0.4 is 9.64 Å². The third kappa shape index (κ3) is 7.46. The Hall–Kier alpha value is -1.58. The van der Waals surface area contributed by atoms with Crippen LogP contribution in [-0.4, -0.2) is 68.6 Å². The highest BCUT2D eigenvalue weighted by atomic mass is 35.5. The summed E-state index contributed by atoms with van der Waals surface area (Å²) in [6, 6.07) is 6.18. The summed E-state index contributed by atoms with van der Waals surface area (Å²) < 4.78 is 20.6. The summed E-state index contributed by atoms with van der Waals surface area (Å²) in [6.07, 6.45) is 10.4. The molecule has 192 valence electrons. The van der Waals surface area contributed by atoms with E-state index in [0.717, 1.165) is 82.0 Å². The monoisotopic (exact) mass is 520 g/mol. The van der Waals surface area contributed by atoms with E-state index in [1.807, 2.05) is 28.8 Å². The van der Waals surface area contributed by atoms with Crippen molar-refractivity contribution in [2.45, 2.75) is 58.0 Å². The second-order valence-electron chi connectivity index (χ2n) is 9.49. The predicted octanol–water partition coefficient (Wildman–Crippen LogP) is 4.04. The molecular weight excluding hydrogens is 484 g/mol. The molecule has 1 atom stereocenters. The van der Waals surface area contributed by atoms with Gasteiger partial charge in [-0.15, -0.1) is 4.31 Å². The van der Waals surface area contributed by atoms with Crippen molar-refractivity contribution in [3.05, 3.63) is 46.7 Å². The fourth-order valence-corrected chi connectivity index (χ4v) is 6.28. The van der Waals surface area contributed by atoms with Gasteiger partial charge < -0.3 is 19.3 Å². The molecule has 35 heavy (non-hydrogen) atoms. The summed E-state index contributed by atoms with van der Waals surface area (Å²) in [5.74, 6) is 2.68. The van der Waals surface area contributed by atoms with Gasteiger partial charge in [0, 0.05) is 75.8 Å². The number of aliphatic hydroxyl groups is 1. The van der Waals surface area contributed by atoms with Crippen molar-refractivity contribution in [3.8, 4) is 5.75 Å². The number of hydrogen-bond acceptors (Lipinski definition) is 7. The van der Waals surface area contributed by atoms with E-state index in [1.54, 1.807) is 0 Å². The number of anilines is 1. The van der Waals surface area contributed by atoms with Crippen molar-refractivity contribution in [2.24, 2.45) is 5.92 Å². The van der Waals surface area contributed by atoms with Crippen LogP contribution in [0.1, 0.15) is 50.2 Å². The molecular formula is C26H37ClN4O3S. The number of benzene rings is 1. The minimum atomic E-state index is -0.968. The van der Waals surface area contributed by atoms with Crippen molar-refractivity contribution < 1.29 is 14.4 Å². The van der Waals surface area contributed by atoms with Crippen molar-refractivity contribution in [3.63, 3.8) is 0 Å². The van der Waals surface area contributed by atoms with Crippen LogP contribution in [0.25, 0.3) is 0 Å². The molecule has 7 nitrogen and oxygen atoms in total. The molecule has 0 bridgehead atoms. The SMILES string of the molecule is CCc1cnc(N2CCC(Oc3ccc(CC4CCN([S+]([O-])CCCO)CC4)cc3Cl)CC2)nc1. The van der Waals surface area contributed by atoms with Crippen LogP contribution in [0.5, 0.6) is 5.75 Å². The lowest BCUT2D eigenvalue weighted by atomic mass is 9.91. The molecule has 3 heterocycles. The van der Waals surface area contributed by atoms with Gasteiger partial charge in [-0.2, -0.15) is 0 Å². The average molecular weight is 521 g/mol. The molecule has 2 fully saturated rings. The lowest BCUT2D eigenvalue weighted by Gasteiger charge is -2.32. The second kappa shape index (κ2) is 13.1. The van der Waals surface area contributed by atoms with Crippen LogP contribution in [0, 0.1) is 5.92 Å². The van der Waals surface area contributed by atoms with E-state index in [1.165, 1.54) is 5.56 Å². The molecule has 1 aromatic heterocycles. The molecule has 0 amide bonds. The Morgan fingerprint density at radius 2 is 1.80 bits per heavy atom. The summed E-state index contributed by atoms with van der Waals surface area (Å²) in [7, 11) is 0. The first-order chi connectivity index (χ1) is 17.1. The van der Waals surface area contributed by atoms with Crippen LogP contribution in [0.3, 0.4) is 0 Å². The summed E-state index contributed by atoms with van der Waals surface area (Å²) in [4.78, 5) is 11.2. The Morgan fingerprint density at radius 3 is 2.43 bits per heavy atom. The normalized spacial score (nSPS) is 19.1. The maximum atomic E-state index is 12.3. The number of ether oxygens (including phenoxy) is 1. The standard InChI is InChI=1S/C26H37ClN4O3S/c1-2-20-18-28-26(29-19-20)30-10-8-23(9-11-30)34-25-5-4-22(17-24(25)27)16-21-6-12-31(13-7-21)35(33)15-3-14-32/h4-5,17-19,21,23,32H,2-3,6-16H2,1H3. The van der Waals surface area contributed by atoms with Crippen molar-refractivity contribution >= 4 is 28.9 Å². The highest BCUT2D eigenvalue weighted by Crippen LogP contribution is 2.31. The van der Waals surface area contributed by atoms with E-state index in [4.69, 9.17) is 21.4 Å². The van der Waals surface area contributed by atoms with Gasteiger partial charge in [-0.05, 0) is 54.9 Å². The van der Waals surface area contributed by atoms with Crippen LogP contribution in [0.2, 0.25) is 5.02 Å². The molecule has 4 rings (SSSR count). The molecule has 2 saturated heterocycles. The molecule has 2 aliphatic heterocycles. The van der Waals surface area contributed by atoms with Gasteiger partial charge in [0.15, 0.2) is 0 Å². The minimum Gasteiger partial charge on any atom is -0.598 e. The summed E-state index contributed by atoms with van der Waals surface area (Å²) >= 11 is 5.64. The Morgan fingerprint density at radius 1 is 1.09 bits per heavy atom. The molecule has 0 radical (unpaired) electrons. The van der Waals surface area contributed by atoms with E-state index in [9.17, 15) is 4.55 Å². The molecule has 2 aromatic rings. The van der Waals surface area contributed by atoms with Gasteiger partial charge in [0.2, 0.25) is 5.95 Å².